The molecule has 2 heteroatoms. The van der Waals surface area contributed by atoms with Gasteiger partial charge in [-0.3, -0.25) is 0 Å². The maximum absolute atomic E-state index is 6.37. The van der Waals surface area contributed by atoms with Crippen LogP contribution in [0.3, 0.4) is 0 Å². The molecule has 0 nitrogen and oxygen atoms in total. The summed E-state index contributed by atoms with van der Waals surface area (Å²) in [4.78, 5) is 0. The van der Waals surface area contributed by atoms with Crippen LogP contribution in [0, 0.1) is 18.8 Å². The molecule has 1 rings (SSSR count). The van der Waals surface area contributed by atoms with Crippen LogP contribution >= 0.6 is 23.2 Å². The van der Waals surface area contributed by atoms with Gasteiger partial charge in [-0.25, -0.2) is 0 Å². The molecule has 0 saturated carbocycles. The number of halogens is 2. The van der Waals surface area contributed by atoms with Crippen molar-refractivity contribution in [3.63, 3.8) is 0 Å². The van der Waals surface area contributed by atoms with Crippen LogP contribution in [-0.2, 0) is 12.8 Å². The first kappa shape index (κ1) is 14.9. The van der Waals surface area contributed by atoms with E-state index in [1.54, 1.807) is 0 Å². The minimum atomic E-state index is 0.611. The molecule has 0 aromatic heterocycles. The van der Waals surface area contributed by atoms with Gasteiger partial charge in [-0.05, 0) is 48.3 Å². The van der Waals surface area contributed by atoms with Crippen LogP contribution in [0.25, 0.3) is 0 Å². The van der Waals surface area contributed by atoms with E-state index >= 15 is 0 Å². The highest BCUT2D eigenvalue weighted by Gasteiger charge is 2.14. The van der Waals surface area contributed by atoms with Crippen LogP contribution in [-0.4, -0.2) is 0 Å². The van der Waals surface area contributed by atoms with Crippen LogP contribution in [0.5, 0.6) is 0 Å². The second kappa shape index (κ2) is 6.11. The van der Waals surface area contributed by atoms with Gasteiger partial charge in [0.05, 0.1) is 0 Å². The fourth-order valence-corrected chi connectivity index (χ4v) is 2.59. The van der Waals surface area contributed by atoms with Gasteiger partial charge >= 0.3 is 0 Å². The van der Waals surface area contributed by atoms with Crippen molar-refractivity contribution in [2.24, 2.45) is 11.8 Å². The molecule has 0 aliphatic heterocycles. The Labute approximate surface area is 115 Å². The molecule has 0 saturated heterocycles. The van der Waals surface area contributed by atoms with Gasteiger partial charge in [0.1, 0.15) is 0 Å². The summed E-state index contributed by atoms with van der Waals surface area (Å²) in [6.07, 6.45) is 2.03. The maximum atomic E-state index is 6.37. The summed E-state index contributed by atoms with van der Waals surface area (Å²) >= 11 is 12.7. The lowest BCUT2D eigenvalue weighted by Gasteiger charge is -2.16. The zero-order valence-corrected chi connectivity index (χ0v) is 12.9. The van der Waals surface area contributed by atoms with E-state index < -0.39 is 0 Å². The normalized spacial score (nSPS) is 11.6. The fraction of sp³-hybridized carbons (Fsp3) is 0.600. The minimum absolute atomic E-state index is 0.611. The summed E-state index contributed by atoms with van der Waals surface area (Å²) in [5, 5.41) is 1.69. The number of benzene rings is 1. The Morgan fingerprint density at radius 1 is 0.882 bits per heavy atom. The molecular weight excluding hydrogens is 251 g/mol. The molecule has 1 aromatic rings. The van der Waals surface area contributed by atoms with Crippen molar-refractivity contribution in [2.45, 2.75) is 47.5 Å². The quantitative estimate of drug-likeness (QED) is 0.660. The standard InChI is InChI=1S/C15H22Cl2/c1-9(2)6-12-8-13(7-10(3)4)15(17)11(5)14(12)16/h8-10H,6-7H2,1-5H3. The Morgan fingerprint density at radius 3 is 1.53 bits per heavy atom. The second-order valence-electron chi connectivity index (χ2n) is 5.64. The van der Waals surface area contributed by atoms with E-state index in [2.05, 4.69) is 33.8 Å². The fourth-order valence-electron chi connectivity index (χ4n) is 2.09. The highest BCUT2D eigenvalue weighted by Crippen LogP contribution is 2.33. The van der Waals surface area contributed by atoms with Gasteiger partial charge in [-0.15, -0.1) is 0 Å². The van der Waals surface area contributed by atoms with Gasteiger partial charge < -0.3 is 0 Å². The minimum Gasteiger partial charge on any atom is -0.0837 e. The van der Waals surface area contributed by atoms with Crippen molar-refractivity contribution < 1.29 is 0 Å². The molecule has 0 unspecified atom stereocenters. The van der Waals surface area contributed by atoms with E-state index in [-0.39, 0.29) is 0 Å². The molecule has 0 radical (unpaired) electrons. The number of rotatable bonds is 4. The molecule has 0 aliphatic carbocycles. The molecular formula is C15H22Cl2. The van der Waals surface area contributed by atoms with Crippen molar-refractivity contribution >= 4 is 23.2 Å². The molecule has 0 fully saturated rings. The van der Waals surface area contributed by atoms with Crippen LogP contribution in [0.15, 0.2) is 6.07 Å². The Hall–Kier alpha value is -0.200. The third-order valence-corrected chi connectivity index (χ3v) is 3.88. The van der Waals surface area contributed by atoms with Crippen LogP contribution in [0.1, 0.15) is 44.4 Å². The topological polar surface area (TPSA) is 0 Å². The molecule has 1 aromatic carbocycles. The van der Waals surface area contributed by atoms with Crippen molar-refractivity contribution in [3.05, 3.63) is 32.8 Å². The lowest BCUT2D eigenvalue weighted by Crippen LogP contribution is -2.02. The van der Waals surface area contributed by atoms with Gasteiger partial charge in [0, 0.05) is 10.0 Å². The lowest BCUT2D eigenvalue weighted by molar-refractivity contribution is 0.635. The predicted octanol–water partition coefficient (Wildman–Crippen LogP) is 5.70. The maximum Gasteiger partial charge on any atom is 0.0482 e. The summed E-state index contributed by atoms with van der Waals surface area (Å²) in [6, 6.07) is 2.19. The van der Waals surface area contributed by atoms with E-state index in [0.29, 0.717) is 11.8 Å². The zero-order valence-electron chi connectivity index (χ0n) is 11.4. The predicted molar refractivity (Wildman–Crippen MR) is 78.3 cm³/mol. The van der Waals surface area contributed by atoms with E-state index in [1.807, 2.05) is 6.92 Å². The second-order valence-corrected chi connectivity index (χ2v) is 6.40. The molecule has 0 heterocycles. The smallest absolute Gasteiger partial charge is 0.0482 e. The molecule has 96 valence electrons. The molecule has 0 N–H and O–H groups in total. The first-order chi connectivity index (χ1) is 7.82. The summed E-state index contributed by atoms with van der Waals surface area (Å²) in [5.41, 5.74) is 3.50. The average molecular weight is 273 g/mol. The van der Waals surface area contributed by atoms with Gasteiger partial charge in [-0.1, -0.05) is 57.0 Å². The first-order valence-corrected chi connectivity index (χ1v) is 7.04. The third kappa shape index (κ3) is 3.89. The Morgan fingerprint density at radius 2 is 1.24 bits per heavy atom. The lowest BCUT2D eigenvalue weighted by atomic mass is 9.94. The monoisotopic (exact) mass is 272 g/mol. The van der Waals surface area contributed by atoms with Crippen molar-refractivity contribution in [2.75, 3.05) is 0 Å². The summed E-state index contributed by atoms with van der Waals surface area (Å²) in [6.45, 7) is 10.9. The Bertz CT molecular complexity index is 358. The average Bonchev–Trinajstić information content (AvgIpc) is 2.20. The van der Waals surface area contributed by atoms with E-state index in [0.717, 1.165) is 28.5 Å². The van der Waals surface area contributed by atoms with Crippen LogP contribution in [0.4, 0.5) is 0 Å². The highest BCUT2D eigenvalue weighted by atomic mass is 35.5. The number of hydrogen-bond acceptors (Lipinski definition) is 0. The third-order valence-electron chi connectivity index (χ3n) is 2.83. The first-order valence-electron chi connectivity index (χ1n) is 6.29. The molecule has 0 bridgehead atoms. The highest BCUT2D eigenvalue weighted by molar-refractivity contribution is 6.36. The van der Waals surface area contributed by atoms with E-state index in [9.17, 15) is 0 Å². The van der Waals surface area contributed by atoms with Crippen LogP contribution in [0.2, 0.25) is 10.0 Å². The summed E-state index contributed by atoms with van der Waals surface area (Å²) in [7, 11) is 0. The summed E-state index contributed by atoms with van der Waals surface area (Å²) < 4.78 is 0. The molecule has 0 aliphatic rings. The van der Waals surface area contributed by atoms with Gasteiger partial charge in [-0.2, -0.15) is 0 Å². The van der Waals surface area contributed by atoms with Crippen molar-refractivity contribution in [3.8, 4) is 0 Å². The molecule has 0 atom stereocenters. The van der Waals surface area contributed by atoms with Crippen LogP contribution < -0.4 is 0 Å². The zero-order chi connectivity index (χ0) is 13.2. The Kier molecular flexibility index (Phi) is 5.34. The van der Waals surface area contributed by atoms with Gasteiger partial charge in [0.2, 0.25) is 0 Å². The largest absolute Gasteiger partial charge is 0.0837 e. The molecule has 0 spiro atoms. The molecule has 0 amide bonds. The van der Waals surface area contributed by atoms with E-state index in [1.165, 1.54) is 11.1 Å². The SMILES string of the molecule is Cc1c(Cl)c(CC(C)C)cc(CC(C)C)c1Cl. The molecule has 17 heavy (non-hydrogen) atoms. The van der Waals surface area contributed by atoms with Crippen molar-refractivity contribution in [1.82, 2.24) is 0 Å². The van der Waals surface area contributed by atoms with Gasteiger partial charge in [0.15, 0.2) is 0 Å². The summed E-state index contributed by atoms with van der Waals surface area (Å²) in [5.74, 6) is 1.22. The van der Waals surface area contributed by atoms with Gasteiger partial charge in [0.25, 0.3) is 0 Å². The van der Waals surface area contributed by atoms with Crippen molar-refractivity contribution in [1.29, 1.82) is 0 Å². The van der Waals surface area contributed by atoms with E-state index in [4.69, 9.17) is 23.2 Å². The Balaban J connectivity index is 3.19. The number of hydrogen-bond donors (Lipinski definition) is 0.